The Morgan fingerprint density at radius 3 is 2.47 bits per heavy atom. The summed E-state index contributed by atoms with van der Waals surface area (Å²) in [4.78, 5) is 12.8. The smallest absolute Gasteiger partial charge is 0.402 e. The highest BCUT2D eigenvalue weighted by Gasteiger charge is 1.96. The number of fused-ring (bicyclic) bond motifs is 1. The van der Waals surface area contributed by atoms with Gasteiger partial charge in [-0.15, -0.1) is 0 Å². The number of benzene rings is 1. The minimum Gasteiger partial charge on any atom is -0.506 e. The number of carboxylic acid groups (broad SMARTS) is 1. The second kappa shape index (κ2) is 4.80. The van der Waals surface area contributed by atoms with Gasteiger partial charge in [-0.2, -0.15) is 0 Å². The molecule has 1 aromatic heterocycles. The van der Waals surface area contributed by atoms with Gasteiger partial charge in [-0.1, -0.05) is 18.2 Å². The molecular formula is C10H10N2O3. The number of primary amides is 1. The van der Waals surface area contributed by atoms with Gasteiger partial charge in [0.2, 0.25) is 0 Å². The van der Waals surface area contributed by atoms with Gasteiger partial charge < -0.3 is 15.9 Å². The Balaban J connectivity index is 0.000000245. The number of para-hydroxylation sites is 1. The molecule has 0 saturated heterocycles. The number of pyridine rings is 1. The fourth-order valence-corrected chi connectivity index (χ4v) is 1.09. The summed E-state index contributed by atoms with van der Waals surface area (Å²) in [6.45, 7) is 0. The van der Waals surface area contributed by atoms with Crippen LogP contribution in [-0.2, 0) is 0 Å². The van der Waals surface area contributed by atoms with Crippen molar-refractivity contribution in [3.8, 4) is 5.75 Å². The first kappa shape index (κ1) is 10.8. The van der Waals surface area contributed by atoms with Crippen molar-refractivity contribution in [3.05, 3.63) is 36.5 Å². The highest BCUT2D eigenvalue weighted by Crippen LogP contribution is 2.20. The van der Waals surface area contributed by atoms with Gasteiger partial charge in [-0.05, 0) is 12.1 Å². The Labute approximate surface area is 85.8 Å². The Hall–Kier alpha value is -2.30. The zero-order chi connectivity index (χ0) is 11.3. The quantitative estimate of drug-likeness (QED) is 0.609. The van der Waals surface area contributed by atoms with Crippen LogP contribution in [0.2, 0.25) is 0 Å². The van der Waals surface area contributed by atoms with E-state index in [4.69, 9.17) is 9.90 Å². The number of rotatable bonds is 0. The molecule has 0 aliphatic heterocycles. The molecule has 1 amide bonds. The lowest BCUT2D eigenvalue weighted by Crippen LogP contribution is -2.03. The van der Waals surface area contributed by atoms with E-state index in [1.54, 1.807) is 18.3 Å². The highest BCUT2D eigenvalue weighted by atomic mass is 16.4. The number of hydrogen-bond donors (Lipinski definition) is 3. The monoisotopic (exact) mass is 206 g/mol. The Bertz CT molecular complexity index is 462. The van der Waals surface area contributed by atoms with E-state index in [9.17, 15) is 5.11 Å². The number of nitrogens with zero attached hydrogens (tertiary/aromatic N) is 1. The average molecular weight is 206 g/mol. The van der Waals surface area contributed by atoms with Crippen molar-refractivity contribution in [2.24, 2.45) is 5.73 Å². The Morgan fingerprint density at radius 1 is 1.27 bits per heavy atom. The predicted molar refractivity (Wildman–Crippen MR) is 55.6 cm³/mol. The van der Waals surface area contributed by atoms with Crippen LogP contribution >= 0.6 is 0 Å². The van der Waals surface area contributed by atoms with Gasteiger partial charge in [0.25, 0.3) is 0 Å². The van der Waals surface area contributed by atoms with Gasteiger partial charge in [-0.3, -0.25) is 4.98 Å². The summed E-state index contributed by atoms with van der Waals surface area (Å²) in [5.74, 6) is 0.239. The van der Waals surface area contributed by atoms with Crippen molar-refractivity contribution < 1.29 is 15.0 Å². The second-order valence-corrected chi connectivity index (χ2v) is 2.69. The summed E-state index contributed by atoms with van der Waals surface area (Å²) in [6.07, 6.45) is 0.335. The molecule has 0 radical (unpaired) electrons. The second-order valence-electron chi connectivity index (χ2n) is 2.69. The van der Waals surface area contributed by atoms with Crippen molar-refractivity contribution in [1.29, 1.82) is 0 Å². The van der Waals surface area contributed by atoms with Crippen LogP contribution < -0.4 is 5.73 Å². The van der Waals surface area contributed by atoms with Crippen molar-refractivity contribution in [3.63, 3.8) is 0 Å². The maximum Gasteiger partial charge on any atom is 0.402 e. The molecule has 0 spiro atoms. The van der Waals surface area contributed by atoms with Crippen LogP contribution in [0.25, 0.3) is 10.9 Å². The van der Waals surface area contributed by atoms with E-state index in [-0.39, 0.29) is 5.75 Å². The number of phenolic OH excluding ortho intramolecular Hbond substituents is 1. The van der Waals surface area contributed by atoms with Gasteiger partial charge in [-0.25, -0.2) is 4.79 Å². The molecule has 2 aromatic rings. The average Bonchev–Trinajstić information content (AvgIpc) is 2.18. The van der Waals surface area contributed by atoms with Gasteiger partial charge in [0.1, 0.15) is 11.3 Å². The third kappa shape index (κ3) is 3.15. The van der Waals surface area contributed by atoms with E-state index >= 15 is 0 Å². The first-order chi connectivity index (χ1) is 7.11. The molecule has 0 aliphatic carbocycles. The van der Waals surface area contributed by atoms with E-state index in [0.717, 1.165) is 5.39 Å². The Morgan fingerprint density at radius 2 is 1.87 bits per heavy atom. The molecule has 0 saturated carbocycles. The minimum absolute atomic E-state index is 0.239. The zero-order valence-corrected chi connectivity index (χ0v) is 7.79. The summed E-state index contributed by atoms with van der Waals surface area (Å²) >= 11 is 0. The molecule has 78 valence electrons. The van der Waals surface area contributed by atoms with Crippen LogP contribution in [0.15, 0.2) is 36.5 Å². The topological polar surface area (TPSA) is 96.4 Å². The van der Waals surface area contributed by atoms with Crippen LogP contribution in [0.5, 0.6) is 5.75 Å². The number of aromatic nitrogens is 1. The van der Waals surface area contributed by atoms with Gasteiger partial charge >= 0.3 is 6.09 Å². The predicted octanol–water partition coefficient (Wildman–Crippen LogP) is 1.56. The van der Waals surface area contributed by atoms with E-state index < -0.39 is 6.09 Å². The SMILES string of the molecule is NC(=O)O.Oc1cccc2cccnc12. The third-order valence-electron chi connectivity index (χ3n) is 1.61. The summed E-state index contributed by atoms with van der Waals surface area (Å²) in [6, 6.07) is 9.13. The summed E-state index contributed by atoms with van der Waals surface area (Å²) in [5, 5.41) is 17.5. The maximum atomic E-state index is 9.31. The van der Waals surface area contributed by atoms with Crippen molar-refractivity contribution in [2.75, 3.05) is 0 Å². The van der Waals surface area contributed by atoms with Crippen LogP contribution in [0.4, 0.5) is 4.79 Å². The third-order valence-corrected chi connectivity index (χ3v) is 1.61. The molecule has 0 atom stereocenters. The van der Waals surface area contributed by atoms with Gasteiger partial charge in [0.15, 0.2) is 0 Å². The molecule has 0 unspecified atom stereocenters. The largest absolute Gasteiger partial charge is 0.506 e. The molecule has 2 rings (SSSR count). The molecule has 0 bridgehead atoms. The number of carbonyl (C=O) groups is 1. The first-order valence-corrected chi connectivity index (χ1v) is 4.12. The van der Waals surface area contributed by atoms with E-state index in [0.29, 0.717) is 5.52 Å². The molecule has 0 aliphatic rings. The number of aromatic hydroxyl groups is 1. The lowest BCUT2D eigenvalue weighted by Gasteiger charge is -1.96. The number of phenols is 1. The molecule has 15 heavy (non-hydrogen) atoms. The fourth-order valence-electron chi connectivity index (χ4n) is 1.09. The number of nitrogens with two attached hydrogens (primary N) is 1. The molecular weight excluding hydrogens is 196 g/mol. The molecule has 4 N–H and O–H groups in total. The van der Waals surface area contributed by atoms with Crippen LogP contribution in [0.3, 0.4) is 0 Å². The number of hydrogen-bond acceptors (Lipinski definition) is 3. The van der Waals surface area contributed by atoms with Gasteiger partial charge in [0, 0.05) is 11.6 Å². The van der Waals surface area contributed by atoms with Gasteiger partial charge in [0.05, 0.1) is 0 Å². The fraction of sp³-hybridized carbons (Fsp3) is 0. The molecule has 5 nitrogen and oxygen atoms in total. The lowest BCUT2D eigenvalue weighted by molar-refractivity contribution is 0.205. The summed E-state index contributed by atoms with van der Waals surface area (Å²) in [7, 11) is 0. The molecule has 1 aromatic carbocycles. The summed E-state index contributed by atoms with van der Waals surface area (Å²) < 4.78 is 0. The summed E-state index contributed by atoms with van der Waals surface area (Å²) in [5.41, 5.74) is 4.69. The Kier molecular flexibility index (Phi) is 3.45. The minimum atomic E-state index is -1.33. The molecule has 5 heteroatoms. The van der Waals surface area contributed by atoms with Crippen LogP contribution in [0, 0.1) is 0 Å². The molecule has 1 heterocycles. The number of amides is 1. The maximum absolute atomic E-state index is 9.31. The lowest BCUT2D eigenvalue weighted by atomic mass is 10.2. The van der Waals surface area contributed by atoms with E-state index in [1.807, 2.05) is 18.2 Å². The zero-order valence-electron chi connectivity index (χ0n) is 7.79. The first-order valence-electron chi connectivity index (χ1n) is 4.12. The van der Waals surface area contributed by atoms with Crippen molar-refractivity contribution in [1.82, 2.24) is 4.98 Å². The van der Waals surface area contributed by atoms with E-state index in [1.165, 1.54) is 0 Å². The highest BCUT2D eigenvalue weighted by molar-refractivity contribution is 5.83. The normalized spacial score (nSPS) is 9.07. The van der Waals surface area contributed by atoms with Crippen LogP contribution in [0.1, 0.15) is 0 Å². The van der Waals surface area contributed by atoms with Crippen LogP contribution in [-0.4, -0.2) is 21.3 Å². The standard InChI is InChI=1S/C9H7NO.CH3NO2/c11-8-5-1-3-7-4-2-6-10-9(7)8;2-1(3)4/h1-6,11H;2H2,(H,3,4). The van der Waals surface area contributed by atoms with Crippen molar-refractivity contribution >= 4 is 17.0 Å². The van der Waals surface area contributed by atoms with E-state index in [2.05, 4.69) is 10.7 Å². The van der Waals surface area contributed by atoms with Crippen molar-refractivity contribution in [2.45, 2.75) is 0 Å². The molecule has 0 fully saturated rings.